The van der Waals surface area contributed by atoms with Crippen LogP contribution < -0.4 is 11.5 Å². The summed E-state index contributed by atoms with van der Waals surface area (Å²) >= 11 is 0. The number of fused-ring (bicyclic) bond motifs is 7. The molecule has 7 heteroatoms. The van der Waals surface area contributed by atoms with Crippen LogP contribution in [0.2, 0.25) is 0 Å². The quantitative estimate of drug-likeness (QED) is 0.137. The lowest BCUT2D eigenvalue weighted by Crippen LogP contribution is -2.65. The lowest BCUT2D eigenvalue weighted by Gasteiger charge is -2.71. The molecule has 5 aliphatic carbocycles. The fourth-order valence-corrected chi connectivity index (χ4v) is 11.9. The summed E-state index contributed by atoms with van der Waals surface area (Å²) in [5, 5.41) is 19.5. The summed E-state index contributed by atoms with van der Waals surface area (Å²) < 4.78 is 14.3. The van der Waals surface area contributed by atoms with Crippen LogP contribution >= 0.6 is 0 Å². The highest BCUT2D eigenvalue weighted by atomic mass is 19.1. The topological polar surface area (TPSA) is 114 Å². The van der Waals surface area contributed by atoms with Crippen molar-refractivity contribution in [3.05, 3.63) is 52.9 Å². The Labute approximate surface area is 268 Å². The first kappa shape index (κ1) is 32.0. The lowest BCUT2D eigenvalue weighted by molar-refractivity contribution is -0.179. The molecule has 6 rings (SSSR count). The molecule has 0 saturated heterocycles. The number of benzene rings is 1. The van der Waals surface area contributed by atoms with Gasteiger partial charge in [0.2, 0.25) is 5.96 Å². The van der Waals surface area contributed by atoms with Crippen molar-refractivity contribution in [2.75, 3.05) is 0 Å². The second kappa shape index (κ2) is 10.5. The first-order chi connectivity index (χ1) is 21.0. The summed E-state index contributed by atoms with van der Waals surface area (Å²) in [5.74, 6) is 0.748. The van der Waals surface area contributed by atoms with Crippen molar-refractivity contribution >= 4 is 23.7 Å². The number of allylic oxidation sites excluding steroid dienone is 3. The van der Waals surface area contributed by atoms with Crippen LogP contribution in [0.25, 0.3) is 6.08 Å². The molecular formula is C38H53FN4O2. The monoisotopic (exact) mass is 616 g/mol. The van der Waals surface area contributed by atoms with Crippen molar-refractivity contribution in [2.45, 2.75) is 99.8 Å². The molecule has 0 aliphatic heterocycles. The van der Waals surface area contributed by atoms with Crippen molar-refractivity contribution in [2.24, 2.45) is 78.3 Å². The number of halogens is 1. The molecule has 0 amide bonds. The van der Waals surface area contributed by atoms with Gasteiger partial charge in [-0.15, -0.1) is 5.10 Å². The number of guanidine groups is 1. The van der Waals surface area contributed by atoms with Gasteiger partial charge in [-0.2, -0.15) is 5.10 Å². The van der Waals surface area contributed by atoms with Gasteiger partial charge in [0.15, 0.2) is 0 Å². The zero-order valence-electron chi connectivity index (χ0n) is 28.3. The predicted molar refractivity (Wildman–Crippen MR) is 180 cm³/mol. The summed E-state index contributed by atoms with van der Waals surface area (Å²) in [5.41, 5.74) is 14.6. The van der Waals surface area contributed by atoms with Gasteiger partial charge in [0.05, 0.1) is 11.1 Å². The van der Waals surface area contributed by atoms with E-state index in [0.717, 1.165) is 68.2 Å². The number of nitrogens with two attached hydrogens (primary N) is 2. The highest BCUT2D eigenvalue weighted by Crippen LogP contribution is 2.76. The normalized spacial score (nSPS) is 43.7. The van der Waals surface area contributed by atoms with Crippen LogP contribution in [0.3, 0.4) is 0 Å². The van der Waals surface area contributed by atoms with Crippen LogP contribution in [0.5, 0.6) is 0 Å². The van der Waals surface area contributed by atoms with E-state index >= 15 is 0 Å². The summed E-state index contributed by atoms with van der Waals surface area (Å²) in [7, 11) is 0. The van der Waals surface area contributed by atoms with Crippen molar-refractivity contribution in [1.29, 1.82) is 0 Å². The summed E-state index contributed by atoms with van der Waals surface area (Å²) in [6.45, 7) is 16.7. The molecule has 0 heterocycles. The molecule has 5 aliphatic rings. The molecule has 244 valence electrons. The molecule has 1 aromatic rings. The van der Waals surface area contributed by atoms with Gasteiger partial charge in [-0.25, -0.2) is 4.39 Å². The van der Waals surface area contributed by atoms with Crippen molar-refractivity contribution < 1.29 is 14.3 Å². The van der Waals surface area contributed by atoms with E-state index in [0.29, 0.717) is 23.7 Å². The lowest BCUT2D eigenvalue weighted by atomic mass is 9.33. The molecule has 9 atom stereocenters. The zero-order chi connectivity index (χ0) is 32.7. The number of carboxylic acid groups (broad SMARTS) is 1. The molecule has 0 aromatic heterocycles. The zero-order valence-corrected chi connectivity index (χ0v) is 28.3. The maximum absolute atomic E-state index is 14.3. The van der Waals surface area contributed by atoms with E-state index in [1.807, 2.05) is 6.07 Å². The molecule has 6 nitrogen and oxygen atoms in total. The minimum Gasteiger partial charge on any atom is -0.481 e. The Balaban J connectivity index is 1.48. The standard InChI is InChI=1S/C38H53FN4O2/c1-22-13-16-38(32(44)45)18-17-36(6)27(30(38)23(22)2)11-12-29-35(5)21-25(19-24-9-8-10-26(39)20-24)31(42-43-33(40)41)34(3,4)28(35)14-15-37(29,36)7/h8-11,19-20,22-23,28-30H,12-18,21H2,1-7H3,(H,44,45)(H4,40,41,43)/b25-19+,42-31+/t22-,23+,28+,29-,30+,35+,36-,37-,38+/m1/s1. The van der Waals surface area contributed by atoms with Crippen LogP contribution in [0.4, 0.5) is 4.39 Å². The fourth-order valence-electron chi connectivity index (χ4n) is 11.9. The molecule has 1 aromatic carbocycles. The van der Waals surface area contributed by atoms with E-state index in [4.69, 9.17) is 11.5 Å². The molecule has 0 unspecified atom stereocenters. The van der Waals surface area contributed by atoms with Gasteiger partial charge < -0.3 is 16.6 Å². The van der Waals surface area contributed by atoms with Gasteiger partial charge in [-0.05, 0) is 127 Å². The Morgan fingerprint density at radius 2 is 1.76 bits per heavy atom. The maximum atomic E-state index is 14.3. The van der Waals surface area contributed by atoms with Gasteiger partial charge in [-0.1, -0.05) is 72.2 Å². The van der Waals surface area contributed by atoms with Gasteiger partial charge in [0.25, 0.3) is 0 Å². The van der Waals surface area contributed by atoms with Crippen LogP contribution in [-0.2, 0) is 4.79 Å². The average molecular weight is 617 g/mol. The Bertz CT molecular complexity index is 1520. The maximum Gasteiger partial charge on any atom is 0.310 e. The summed E-state index contributed by atoms with van der Waals surface area (Å²) in [6, 6.07) is 6.71. The van der Waals surface area contributed by atoms with Crippen LogP contribution in [-0.4, -0.2) is 22.7 Å². The SMILES string of the molecule is C[C@H]1[C@H](C)CC[C@]2(C(=O)O)CC[C@]3(C)C(=CC[C@@H]4[C@@]5(C)CC(=C\c6cccc(F)c6)/C(=N\N=C(N)N)C(C)(C)[C@@H]5CC[C@]43C)[C@H]12. The second-order valence-electron chi connectivity index (χ2n) is 16.7. The van der Waals surface area contributed by atoms with E-state index in [1.165, 1.54) is 11.6 Å². The number of hydrogen-bond donors (Lipinski definition) is 3. The van der Waals surface area contributed by atoms with Crippen LogP contribution in [0.1, 0.15) is 105 Å². The number of hydrogen-bond acceptors (Lipinski definition) is 3. The van der Waals surface area contributed by atoms with E-state index < -0.39 is 11.4 Å². The molecule has 0 bridgehead atoms. The third-order valence-electron chi connectivity index (χ3n) is 14.5. The van der Waals surface area contributed by atoms with Crippen LogP contribution in [0, 0.1) is 62.5 Å². The molecule has 5 N–H and O–H groups in total. The predicted octanol–water partition coefficient (Wildman–Crippen LogP) is 8.19. The van der Waals surface area contributed by atoms with Gasteiger partial charge >= 0.3 is 5.97 Å². The summed E-state index contributed by atoms with van der Waals surface area (Å²) in [4.78, 5) is 13.1. The fraction of sp³-hybridized carbons (Fsp3) is 0.658. The molecule has 0 spiro atoms. The van der Waals surface area contributed by atoms with Gasteiger partial charge in [0.1, 0.15) is 5.82 Å². The number of rotatable bonds is 3. The minimum absolute atomic E-state index is 0.0158. The molecule has 4 fully saturated rings. The van der Waals surface area contributed by atoms with E-state index in [2.05, 4.69) is 70.8 Å². The average Bonchev–Trinajstić information content (AvgIpc) is 2.94. The molecular weight excluding hydrogens is 563 g/mol. The molecule has 45 heavy (non-hydrogen) atoms. The van der Waals surface area contributed by atoms with Crippen LogP contribution in [0.15, 0.2) is 51.7 Å². The Morgan fingerprint density at radius 1 is 1.02 bits per heavy atom. The summed E-state index contributed by atoms with van der Waals surface area (Å²) in [6.07, 6.45) is 11.9. The number of carboxylic acids is 1. The molecule has 4 saturated carbocycles. The smallest absolute Gasteiger partial charge is 0.310 e. The van der Waals surface area contributed by atoms with E-state index in [1.54, 1.807) is 12.1 Å². The second-order valence-corrected chi connectivity index (χ2v) is 16.7. The highest BCUT2D eigenvalue weighted by Gasteiger charge is 2.69. The Morgan fingerprint density at radius 3 is 2.42 bits per heavy atom. The largest absolute Gasteiger partial charge is 0.481 e. The van der Waals surface area contributed by atoms with E-state index in [-0.39, 0.29) is 39.4 Å². The highest BCUT2D eigenvalue weighted by molar-refractivity contribution is 6.08. The Kier molecular flexibility index (Phi) is 7.49. The van der Waals surface area contributed by atoms with E-state index in [9.17, 15) is 14.3 Å². The third-order valence-corrected chi connectivity index (χ3v) is 14.5. The van der Waals surface area contributed by atoms with Crippen molar-refractivity contribution in [3.8, 4) is 0 Å². The Hall–Kier alpha value is -2.96. The van der Waals surface area contributed by atoms with Crippen molar-refractivity contribution in [3.63, 3.8) is 0 Å². The van der Waals surface area contributed by atoms with Crippen molar-refractivity contribution in [1.82, 2.24) is 0 Å². The number of carbonyl (C=O) groups is 1. The number of nitrogens with zero attached hydrogens (tertiary/aromatic N) is 2. The first-order valence-electron chi connectivity index (χ1n) is 17.1. The van der Waals surface area contributed by atoms with Gasteiger partial charge in [-0.3, -0.25) is 4.79 Å². The van der Waals surface area contributed by atoms with Gasteiger partial charge in [0, 0.05) is 5.41 Å². The minimum atomic E-state index is -0.647. The number of aliphatic carboxylic acids is 1. The third kappa shape index (κ3) is 4.49. The molecule has 0 radical (unpaired) electrons. The first-order valence-corrected chi connectivity index (χ1v) is 17.1.